The molecular weight excluding hydrogens is 232 g/mol. The molecule has 2 rings (SSSR count). The lowest BCUT2D eigenvalue weighted by molar-refractivity contribution is 0.415. The van der Waals surface area contributed by atoms with Gasteiger partial charge in [-0.25, -0.2) is 0 Å². The smallest absolute Gasteiger partial charge is 0.128 e. The normalized spacial score (nSPS) is 9.94. The fourth-order valence-electron chi connectivity index (χ4n) is 1.63. The van der Waals surface area contributed by atoms with E-state index in [-0.39, 0.29) is 0 Å². The Labute approximate surface area is 104 Å². The van der Waals surface area contributed by atoms with Crippen LogP contribution >= 0.6 is 11.3 Å². The van der Waals surface area contributed by atoms with Gasteiger partial charge >= 0.3 is 0 Å². The highest BCUT2D eigenvalue weighted by molar-refractivity contribution is 7.16. The van der Waals surface area contributed by atoms with Crippen molar-refractivity contribution in [2.75, 3.05) is 12.8 Å². The Balaban J connectivity index is 2.50. The SMILES string of the molecule is COc1ccc(-c2sc(C#N)c(N)c2C)cc1. The van der Waals surface area contributed by atoms with Gasteiger partial charge in [0.1, 0.15) is 16.7 Å². The topological polar surface area (TPSA) is 59.0 Å². The van der Waals surface area contributed by atoms with Crippen molar-refractivity contribution in [2.45, 2.75) is 6.92 Å². The first kappa shape index (κ1) is 11.5. The summed E-state index contributed by atoms with van der Waals surface area (Å²) in [6.45, 7) is 1.94. The second-order valence-corrected chi connectivity index (χ2v) is 4.66. The predicted octanol–water partition coefficient (Wildman–Crippen LogP) is 3.19. The van der Waals surface area contributed by atoms with Crippen LogP contribution in [0.5, 0.6) is 5.75 Å². The fourth-order valence-corrected chi connectivity index (χ4v) is 2.66. The Morgan fingerprint density at radius 2 is 1.94 bits per heavy atom. The average molecular weight is 244 g/mol. The van der Waals surface area contributed by atoms with E-state index >= 15 is 0 Å². The average Bonchev–Trinajstić information content (AvgIpc) is 2.66. The van der Waals surface area contributed by atoms with Gasteiger partial charge in [-0.2, -0.15) is 5.26 Å². The molecule has 2 aromatic rings. The summed E-state index contributed by atoms with van der Waals surface area (Å²) in [7, 11) is 1.64. The quantitative estimate of drug-likeness (QED) is 0.882. The predicted molar refractivity (Wildman–Crippen MR) is 70.2 cm³/mol. The molecule has 2 N–H and O–H groups in total. The third-order valence-electron chi connectivity index (χ3n) is 2.65. The van der Waals surface area contributed by atoms with Gasteiger partial charge in [-0.15, -0.1) is 11.3 Å². The van der Waals surface area contributed by atoms with Crippen LogP contribution in [0.15, 0.2) is 24.3 Å². The number of methoxy groups -OCH3 is 1. The van der Waals surface area contributed by atoms with Crippen LogP contribution in [0.4, 0.5) is 5.69 Å². The van der Waals surface area contributed by atoms with Crippen molar-refractivity contribution in [1.82, 2.24) is 0 Å². The summed E-state index contributed by atoms with van der Waals surface area (Å²) >= 11 is 1.43. The molecule has 86 valence electrons. The van der Waals surface area contributed by atoms with E-state index < -0.39 is 0 Å². The zero-order valence-corrected chi connectivity index (χ0v) is 10.5. The minimum absolute atomic E-state index is 0.577. The molecule has 0 unspecified atom stereocenters. The summed E-state index contributed by atoms with van der Waals surface area (Å²) in [5.41, 5.74) is 8.48. The van der Waals surface area contributed by atoms with E-state index in [0.717, 1.165) is 21.8 Å². The van der Waals surface area contributed by atoms with Gasteiger partial charge in [-0.05, 0) is 42.3 Å². The second kappa shape index (κ2) is 4.48. The summed E-state index contributed by atoms with van der Waals surface area (Å²) in [6.07, 6.45) is 0. The number of hydrogen-bond donors (Lipinski definition) is 1. The molecule has 1 aromatic carbocycles. The zero-order valence-electron chi connectivity index (χ0n) is 9.65. The molecule has 1 heterocycles. The Hall–Kier alpha value is -1.99. The number of ether oxygens (including phenoxy) is 1. The Kier molecular flexibility index (Phi) is 3.03. The van der Waals surface area contributed by atoms with Crippen molar-refractivity contribution in [3.8, 4) is 22.3 Å². The van der Waals surface area contributed by atoms with E-state index in [1.165, 1.54) is 11.3 Å². The van der Waals surface area contributed by atoms with Crippen LogP contribution in [-0.2, 0) is 0 Å². The first-order valence-corrected chi connectivity index (χ1v) is 5.92. The van der Waals surface area contributed by atoms with Crippen molar-refractivity contribution in [3.05, 3.63) is 34.7 Å². The summed E-state index contributed by atoms with van der Waals surface area (Å²) in [5, 5.41) is 8.95. The maximum atomic E-state index is 8.95. The van der Waals surface area contributed by atoms with Crippen molar-refractivity contribution in [2.24, 2.45) is 0 Å². The second-order valence-electron chi connectivity index (χ2n) is 3.64. The first-order chi connectivity index (χ1) is 8.17. The first-order valence-electron chi connectivity index (χ1n) is 5.10. The highest BCUT2D eigenvalue weighted by Gasteiger charge is 2.13. The van der Waals surface area contributed by atoms with Gasteiger partial charge in [0, 0.05) is 4.88 Å². The van der Waals surface area contributed by atoms with Crippen LogP contribution in [0.1, 0.15) is 10.4 Å². The molecule has 0 spiro atoms. The molecule has 3 nitrogen and oxygen atoms in total. The zero-order chi connectivity index (χ0) is 12.4. The van der Waals surface area contributed by atoms with Crippen LogP contribution < -0.4 is 10.5 Å². The van der Waals surface area contributed by atoms with E-state index in [9.17, 15) is 0 Å². The van der Waals surface area contributed by atoms with Gasteiger partial charge in [-0.3, -0.25) is 0 Å². The summed E-state index contributed by atoms with van der Waals surface area (Å²) in [4.78, 5) is 1.62. The van der Waals surface area contributed by atoms with Crippen LogP contribution in [-0.4, -0.2) is 7.11 Å². The molecule has 0 aliphatic rings. The Morgan fingerprint density at radius 3 is 2.41 bits per heavy atom. The van der Waals surface area contributed by atoms with E-state index in [4.69, 9.17) is 15.7 Å². The number of hydrogen-bond acceptors (Lipinski definition) is 4. The lowest BCUT2D eigenvalue weighted by Gasteiger charge is -2.02. The number of rotatable bonds is 2. The van der Waals surface area contributed by atoms with Gasteiger partial charge in [-0.1, -0.05) is 0 Å². The molecule has 0 aliphatic heterocycles. The van der Waals surface area contributed by atoms with Gasteiger partial charge in [0.2, 0.25) is 0 Å². The Morgan fingerprint density at radius 1 is 1.29 bits per heavy atom. The lowest BCUT2D eigenvalue weighted by atomic mass is 10.1. The molecule has 0 saturated heterocycles. The highest BCUT2D eigenvalue weighted by Crippen LogP contribution is 2.37. The molecule has 0 fully saturated rings. The van der Waals surface area contributed by atoms with E-state index in [2.05, 4.69) is 6.07 Å². The standard InChI is InChI=1S/C13H12N2OS/c1-8-12(15)11(7-14)17-13(8)9-3-5-10(16-2)6-4-9/h3-6H,15H2,1-2H3. The third-order valence-corrected chi connectivity index (χ3v) is 3.91. The van der Waals surface area contributed by atoms with Crippen LogP contribution in [0.25, 0.3) is 10.4 Å². The molecule has 0 saturated carbocycles. The number of benzene rings is 1. The molecule has 0 aliphatic carbocycles. The molecule has 0 bridgehead atoms. The summed E-state index contributed by atoms with van der Waals surface area (Å²) < 4.78 is 5.11. The molecule has 0 atom stereocenters. The number of nitrogens with zero attached hydrogens (tertiary/aromatic N) is 1. The minimum Gasteiger partial charge on any atom is -0.497 e. The van der Waals surface area contributed by atoms with Crippen LogP contribution in [0.3, 0.4) is 0 Å². The fraction of sp³-hybridized carbons (Fsp3) is 0.154. The van der Waals surface area contributed by atoms with Crippen molar-refractivity contribution >= 4 is 17.0 Å². The van der Waals surface area contributed by atoms with Crippen molar-refractivity contribution in [3.63, 3.8) is 0 Å². The molecule has 1 aromatic heterocycles. The number of nitrogens with two attached hydrogens (primary N) is 1. The van der Waals surface area contributed by atoms with Gasteiger partial charge in [0.15, 0.2) is 0 Å². The number of nitrogen functional groups attached to an aromatic ring is 1. The molecule has 17 heavy (non-hydrogen) atoms. The molecule has 0 radical (unpaired) electrons. The van der Waals surface area contributed by atoms with Crippen molar-refractivity contribution < 1.29 is 4.74 Å². The Bertz CT molecular complexity index is 579. The third kappa shape index (κ3) is 1.97. The van der Waals surface area contributed by atoms with Crippen molar-refractivity contribution in [1.29, 1.82) is 5.26 Å². The monoisotopic (exact) mass is 244 g/mol. The highest BCUT2D eigenvalue weighted by atomic mass is 32.1. The lowest BCUT2D eigenvalue weighted by Crippen LogP contribution is -1.87. The maximum Gasteiger partial charge on any atom is 0.128 e. The van der Waals surface area contributed by atoms with E-state index in [0.29, 0.717) is 10.6 Å². The minimum atomic E-state index is 0.577. The maximum absolute atomic E-state index is 8.95. The van der Waals surface area contributed by atoms with Crippen LogP contribution in [0, 0.1) is 18.3 Å². The molecule has 0 amide bonds. The van der Waals surface area contributed by atoms with Gasteiger partial charge in [0.05, 0.1) is 12.8 Å². The van der Waals surface area contributed by atoms with E-state index in [1.807, 2.05) is 31.2 Å². The summed E-state index contributed by atoms with van der Waals surface area (Å²) in [6, 6.07) is 9.86. The molecular formula is C13H12N2OS. The van der Waals surface area contributed by atoms with Gasteiger partial charge < -0.3 is 10.5 Å². The molecule has 4 heteroatoms. The number of nitriles is 1. The number of anilines is 1. The van der Waals surface area contributed by atoms with Crippen LogP contribution in [0.2, 0.25) is 0 Å². The number of thiophene rings is 1. The summed E-state index contributed by atoms with van der Waals surface area (Å²) in [5.74, 6) is 0.816. The van der Waals surface area contributed by atoms with Gasteiger partial charge in [0.25, 0.3) is 0 Å². The largest absolute Gasteiger partial charge is 0.497 e. The van der Waals surface area contributed by atoms with E-state index in [1.54, 1.807) is 7.11 Å².